The van der Waals surface area contributed by atoms with E-state index in [1.165, 1.54) is 22.5 Å². The van der Waals surface area contributed by atoms with Crippen molar-refractivity contribution in [2.75, 3.05) is 70.8 Å². The Labute approximate surface area is 228 Å². The van der Waals surface area contributed by atoms with Gasteiger partial charge in [0.1, 0.15) is 5.69 Å². The van der Waals surface area contributed by atoms with Crippen LogP contribution in [0, 0.1) is 0 Å². The van der Waals surface area contributed by atoms with Gasteiger partial charge in [0.05, 0.1) is 12.6 Å². The fourth-order valence-corrected chi connectivity index (χ4v) is 6.04. The Morgan fingerprint density at radius 1 is 0.842 bits per heavy atom. The Morgan fingerprint density at radius 3 is 2.00 bits per heavy atom. The molecule has 38 heavy (non-hydrogen) atoms. The number of carbonyl (C=O) groups excluding carboxylic acids is 2. The molecule has 2 fully saturated rings. The fraction of sp³-hybridized carbons (Fsp3) is 0.414. The van der Waals surface area contributed by atoms with Crippen LogP contribution >= 0.6 is 11.3 Å². The molecule has 0 atom stereocenters. The molecule has 3 heterocycles. The summed E-state index contributed by atoms with van der Waals surface area (Å²) in [7, 11) is 0. The summed E-state index contributed by atoms with van der Waals surface area (Å²) in [5.41, 5.74) is 3.06. The second-order valence-electron chi connectivity index (χ2n) is 9.78. The number of thiazole rings is 1. The first-order valence-corrected chi connectivity index (χ1v) is 14.3. The number of amides is 2. The summed E-state index contributed by atoms with van der Waals surface area (Å²) in [6.45, 7) is 8.96. The molecule has 9 heteroatoms. The molecule has 2 saturated heterocycles. The third kappa shape index (κ3) is 6.23. The Bertz CT molecular complexity index is 1150. The van der Waals surface area contributed by atoms with Crippen LogP contribution in [0.4, 0.5) is 5.13 Å². The molecular weight excluding hydrogens is 496 g/mol. The number of piperazine rings is 2. The lowest BCUT2D eigenvalue weighted by molar-refractivity contribution is -0.134. The van der Waals surface area contributed by atoms with Crippen LogP contribution in [-0.2, 0) is 4.79 Å². The second kappa shape index (κ2) is 12.5. The van der Waals surface area contributed by atoms with Crippen molar-refractivity contribution in [3.8, 4) is 0 Å². The van der Waals surface area contributed by atoms with Gasteiger partial charge in [-0.3, -0.25) is 19.4 Å². The number of aromatic nitrogens is 1. The van der Waals surface area contributed by atoms with Crippen LogP contribution < -0.4 is 5.32 Å². The van der Waals surface area contributed by atoms with Crippen LogP contribution in [0.25, 0.3) is 0 Å². The molecule has 200 valence electrons. The first-order chi connectivity index (χ1) is 18.6. The van der Waals surface area contributed by atoms with E-state index in [-0.39, 0.29) is 17.9 Å². The number of nitrogens with one attached hydrogen (secondary N) is 1. The van der Waals surface area contributed by atoms with Crippen LogP contribution in [0.2, 0.25) is 0 Å². The van der Waals surface area contributed by atoms with E-state index in [0.29, 0.717) is 38.4 Å². The molecule has 0 aliphatic carbocycles. The van der Waals surface area contributed by atoms with Gasteiger partial charge in [-0.15, -0.1) is 11.3 Å². The Hall–Kier alpha value is -3.27. The lowest BCUT2D eigenvalue weighted by Crippen LogP contribution is -2.54. The van der Waals surface area contributed by atoms with Crippen molar-refractivity contribution in [1.82, 2.24) is 24.6 Å². The number of benzene rings is 2. The zero-order chi connectivity index (χ0) is 26.3. The van der Waals surface area contributed by atoms with E-state index in [1.54, 1.807) is 0 Å². The third-order valence-electron chi connectivity index (χ3n) is 7.33. The maximum absolute atomic E-state index is 13.2. The van der Waals surface area contributed by atoms with Crippen molar-refractivity contribution in [2.24, 2.45) is 0 Å². The molecule has 0 bridgehead atoms. The van der Waals surface area contributed by atoms with Gasteiger partial charge in [0.25, 0.3) is 5.91 Å². The predicted molar refractivity (Wildman–Crippen MR) is 152 cm³/mol. The maximum atomic E-state index is 13.2. The lowest BCUT2D eigenvalue weighted by Gasteiger charge is -2.41. The minimum Gasteiger partial charge on any atom is -0.362 e. The summed E-state index contributed by atoms with van der Waals surface area (Å²) < 4.78 is 0. The lowest BCUT2D eigenvalue weighted by atomic mass is 9.96. The van der Waals surface area contributed by atoms with Crippen molar-refractivity contribution in [3.05, 3.63) is 82.9 Å². The summed E-state index contributed by atoms with van der Waals surface area (Å²) in [4.78, 5) is 38.9. The Kier molecular flexibility index (Phi) is 8.68. The molecule has 2 aromatic carbocycles. The van der Waals surface area contributed by atoms with Gasteiger partial charge in [-0.2, -0.15) is 0 Å². The van der Waals surface area contributed by atoms with Crippen molar-refractivity contribution in [1.29, 1.82) is 0 Å². The minimum atomic E-state index is -0.0288. The van der Waals surface area contributed by atoms with Gasteiger partial charge < -0.3 is 15.1 Å². The summed E-state index contributed by atoms with van der Waals surface area (Å²) in [6, 6.07) is 21.4. The quantitative estimate of drug-likeness (QED) is 0.480. The number of carbonyl (C=O) groups is 2. The van der Waals surface area contributed by atoms with Crippen molar-refractivity contribution < 1.29 is 9.59 Å². The molecule has 0 radical (unpaired) electrons. The number of nitrogens with zero attached hydrogens (tertiary/aromatic N) is 5. The maximum Gasteiger partial charge on any atom is 0.273 e. The summed E-state index contributed by atoms with van der Waals surface area (Å²) in [5, 5.41) is 5.75. The van der Waals surface area contributed by atoms with Gasteiger partial charge in [0, 0.05) is 64.3 Å². The highest BCUT2D eigenvalue weighted by Crippen LogP contribution is 2.29. The summed E-state index contributed by atoms with van der Waals surface area (Å²) >= 11 is 1.46. The minimum absolute atomic E-state index is 0.0288. The average molecular weight is 533 g/mol. The van der Waals surface area contributed by atoms with E-state index in [4.69, 9.17) is 0 Å². The Balaban J connectivity index is 1.11. The van der Waals surface area contributed by atoms with E-state index in [2.05, 4.69) is 80.8 Å². The predicted octanol–water partition coefficient (Wildman–Crippen LogP) is 3.27. The Morgan fingerprint density at radius 2 is 1.42 bits per heavy atom. The molecule has 3 aromatic rings. The van der Waals surface area contributed by atoms with Gasteiger partial charge in [-0.1, -0.05) is 60.7 Å². The van der Waals surface area contributed by atoms with Crippen LogP contribution in [0.5, 0.6) is 0 Å². The summed E-state index contributed by atoms with van der Waals surface area (Å²) in [5.74, 6) is 0.147. The van der Waals surface area contributed by atoms with Gasteiger partial charge >= 0.3 is 0 Å². The molecule has 0 saturated carbocycles. The monoisotopic (exact) mass is 532 g/mol. The smallest absolute Gasteiger partial charge is 0.273 e. The number of rotatable bonds is 8. The molecule has 2 aliphatic heterocycles. The number of anilines is 1. The van der Waals surface area contributed by atoms with E-state index < -0.39 is 0 Å². The second-order valence-corrected chi connectivity index (χ2v) is 10.6. The third-order valence-corrected chi connectivity index (χ3v) is 8.13. The first kappa shape index (κ1) is 26.3. The standard InChI is InChI=1S/C29H36N6O2S/c1-2-30-29-31-25(22-38-29)28(37)35-15-13-32(14-16-35)21-26(36)33-17-19-34(20-18-33)27(23-9-5-3-6-10-23)24-11-7-4-8-12-24/h3-12,22,27H,2,13-21H2,1H3,(H,30,31). The van der Waals surface area contributed by atoms with Gasteiger partial charge in [-0.25, -0.2) is 4.98 Å². The van der Waals surface area contributed by atoms with E-state index in [9.17, 15) is 9.59 Å². The van der Waals surface area contributed by atoms with Gasteiger partial charge in [0.15, 0.2) is 5.13 Å². The first-order valence-electron chi connectivity index (χ1n) is 13.4. The van der Waals surface area contributed by atoms with Crippen LogP contribution in [0.15, 0.2) is 66.0 Å². The van der Waals surface area contributed by atoms with Crippen LogP contribution in [-0.4, -0.2) is 102 Å². The number of hydrogen-bond acceptors (Lipinski definition) is 7. The highest BCUT2D eigenvalue weighted by molar-refractivity contribution is 7.13. The zero-order valence-corrected chi connectivity index (χ0v) is 22.8. The van der Waals surface area contributed by atoms with E-state index in [0.717, 1.165) is 37.9 Å². The molecular formula is C29H36N6O2S. The molecule has 1 N–H and O–H groups in total. The SMILES string of the molecule is CCNc1nc(C(=O)N2CCN(CC(=O)N3CCN(C(c4ccccc4)c4ccccc4)CC3)CC2)cs1. The fourth-order valence-electron chi connectivity index (χ4n) is 5.28. The van der Waals surface area contributed by atoms with Gasteiger partial charge in [-0.05, 0) is 18.1 Å². The van der Waals surface area contributed by atoms with Crippen molar-refractivity contribution >= 4 is 28.3 Å². The zero-order valence-electron chi connectivity index (χ0n) is 22.0. The van der Waals surface area contributed by atoms with Crippen LogP contribution in [0.1, 0.15) is 34.6 Å². The largest absolute Gasteiger partial charge is 0.362 e. The number of hydrogen-bond donors (Lipinski definition) is 1. The van der Waals surface area contributed by atoms with Crippen molar-refractivity contribution in [2.45, 2.75) is 13.0 Å². The topological polar surface area (TPSA) is 72.0 Å². The van der Waals surface area contributed by atoms with E-state index in [1.807, 2.05) is 22.1 Å². The molecule has 1 aromatic heterocycles. The highest BCUT2D eigenvalue weighted by Gasteiger charge is 2.30. The molecule has 0 unspecified atom stereocenters. The van der Waals surface area contributed by atoms with Crippen molar-refractivity contribution in [3.63, 3.8) is 0 Å². The molecule has 8 nitrogen and oxygen atoms in total. The molecule has 0 spiro atoms. The highest BCUT2D eigenvalue weighted by atomic mass is 32.1. The summed E-state index contributed by atoms with van der Waals surface area (Å²) in [6.07, 6.45) is 0. The molecule has 2 aliphatic rings. The van der Waals surface area contributed by atoms with Gasteiger partial charge in [0.2, 0.25) is 5.91 Å². The van der Waals surface area contributed by atoms with Crippen LogP contribution in [0.3, 0.4) is 0 Å². The molecule has 2 amide bonds. The normalized spacial score (nSPS) is 17.1. The molecule has 5 rings (SSSR count). The van der Waals surface area contributed by atoms with E-state index >= 15 is 0 Å². The average Bonchev–Trinajstić information content (AvgIpc) is 3.44.